The molecule has 0 aromatic heterocycles. The van der Waals surface area contributed by atoms with Crippen LogP contribution in [0.5, 0.6) is 5.75 Å². The van der Waals surface area contributed by atoms with Crippen molar-refractivity contribution < 1.29 is 24.2 Å². The average Bonchev–Trinajstić information content (AvgIpc) is 3.06. The lowest BCUT2D eigenvalue weighted by atomic mass is 10.1. The summed E-state index contributed by atoms with van der Waals surface area (Å²) in [5.74, 6) is -1.64. The number of amides is 2. The summed E-state index contributed by atoms with van der Waals surface area (Å²) in [5.41, 5.74) is 3.35. The number of carbonyl (C=O) groups is 3. The predicted molar refractivity (Wildman–Crippen MR) is 105 cm³/mol. The van der Waals surface area contributed by atoms with Crippen molar-refractivity contribution in [3.63, 3.8) is 0 Å². The lowest BCUT2D eigenvalue weighted by molar-refractivity contribution is -0.141. The maximum Gasteiger partial charge on any atom is 0.308 e. The van der Waals surface area contributed by atoms with Crippen LogP contribution in [0.4, 0.5) is 11.4 Å². The molecule has 0 spiro atoms. The lowest BCUT2D eigenvalue weighted by Crippen LogP contribution is -2.25. The van der Waals surface area contributed by atoms with Crippen molar-refractivity contribution >= 4 is 29.2 Å². The van der Waals surface area contributed by atoms with Crippen molar-refractivity contribution in [2.24, 2.45) is 5.92 Å². The smallest absolute Gasteiger partial charge is 0.308 e. The first-order valence-electron chi connectivity index (χ1n) is 8.97. The van der Waals surface area contributed by atoms with Crippen molar-refractivity contribution in [2.45, 2.75) is 20.3 Å². The van der Waals surface area contributed by atoms with Crippen LogP contribution in [0.25, 0.3) is 0 Å². The molecular formula is C21H22N2O5. The van der Waals surface area contributed by atoms with Gasteiger partial charge >= 0.3 is 5.97 Å². The van der Waals surface area contributed by atoms with Gasteiger partial charge in [-0.25, -0.2) is 0 Å². The largest absolute Gasteiger partial charge is 0.484 e. The summed E-state index contributed by atoms with van der Waals surface area (Å²) >= 11 is 0. The molecule has 1 atom stereocenters. The van der Waals surface area contributed by atoms with E-state index in [1.807, 2.05) is 32.0 Å². The molecule has 1 aliphatic rings. The van der Waals surface area contributed by atoms with Gasteiger partial charge in [0.1, 0.15) is 5.75 Å². The molecule has 2 N–H and O–H groups in total. The molecule has 0 aliphatic carbocycles. The van der Waals surface area contributed by atoms with E-state index in [4.69, 9.17) is 9.84 Å². The van der Waals surface area contributed by atoms with Crippen LogP contribution in [-0.2, 0) is 14.4 Å². The second kappa shape index (κ2) is 8.12. The molecule has 3 rings (SSSR count). The molecule has 1 saturated heterocycles. The Bertz CT molecular complexity index is 887. The van der Waals surface area contributed by atoms with E-state index in [9.17, 15) is 14.4 Å². The Morgan fingerprint density at radius 3 is 2.36 bits per heavy atom. The fourth-order valence-corrected chi connectivity index (χ4v) is 3.18. The molecule has 2 aromatic carbocycles. The summed E-state index contributed by atoms with van der Waals surface area (Å²) in [4.78, 5) is 36.7. The number of aliphatic carboxylic acids is 1. The van der Waals surface area contributed by atoms with E-state index >= 15 is 0 Å². The van der Waals surface area contributed by atoms with Crippen LogP contribution in [0.1, 0.15) is 17.5 Å². The van der Waals surface area contributed by atoms with Crippen molar-refractivity contribution in [3.8, 4) is 5.75 Å². The second-order valence-corrected chi connectivity index (χ2v) is 6.84. The van der Waals surface area contributed by atoms with Gasteiger partial charge in [0.15, 0.2) is 6.61 Å². The quantitative estimate of drug-likeness (QED) is 0.801. The number of carbonyl (C=O) groups excluding carboxylic acids is 2. The highest BCUT2D eigenvalue weighted by atomic mass is 16.5. The highest BCUT2D eigenvalue weighted by Gasteiger charge is 2.34. The average molecular weight is 382 g/mol. The Morgan fingerprint density at radius 1 is 1.14 bits per heavy atom. The fourth-order valence-electron chi connectivity index (χ4n) is 3.18. The van der Waals surface area contributed by atoms with Crippen molar-refractivity contribution in [3.05, 3.63) is 53.6 Å². The first kappa shape index (κ1) is 19.4. The second-order valence-electron chi connectivity index (χ2n) is 6.84. The van der Waals surface area contributed by atoms with Crippen molar-refractivity contribution in [1.29, 1.82) is 0 Å². The maximum atomic E-state index is 12.2. The minimum Gasteiger partial charge on any atom is -0.484 e. The van der Waals surface area contributed by atoms with Gasteiger partial charge in [-0.2, -0.15) is 0 Å². The van der Waals surface area contributed by atoms with Crippen LogP contribution in [0, 0.1) is 19.8 Å². The molecule has 146 valence electrons. The van der Waals surface area contributed by atoms with Gasteiger partial charge in [0.2, 0.25) is 5.91 Å². The number of nitrogens with one attached hydrogen (secondary N) is 1. The van der Waals surface area contributed by atoms with Gasteiger partial charge in [-0.05, 0) is 49.2 Å². The van der Waals surface area contributed by atoms with Crippen LogP contribution in [0.2, 0.25) is 0 Å². The fraction of sp³-hybridized carbons (Fsp3) is 0.286. The van der Waals surface area contributed by atoms with Crippen LogP contribution >= 0.6 is 0 Å². The van der Waals surface area contributed by atoms with Gasteiger partial charge in [-0.15, -0.1) is 0 Å². The molecule has 0 radical (unpaired) electrons. The third kappa shape index (κ3) is 4.31. The number of nitrogens with zero attached hydrogens (tertiary/aromatic N) is 1. The van der Waals surface area contributed by atoms with Crippen molar-refractivity contribution in [1.82, 2.24) is 0 Å². The van der Waals surface area contributed by atoms with Gasteiger partial charge in [0.25, 0.3) is 5.91 Å². The number of carboxylic acids is 1. The molecule has 0 saturated carbocycles. The van der Waals surface area contributed by atoms with E-state index in [0.717, 1.165) is 16.8 Å². The number of benzene rings is 2. The summed E-state index contributed by atoms with van der Waals surface area (Å²) in [6.07, 6.45) is 0.00603. The summed E-state index contributed by atoms with van der Waals surface area (Å²) in [5, 5.41) is 11.9. The minimum absolute atomic E-state index is 0.00603. The number of para-hydroxylation sites is 1. The molecule has 1 heterocycles. The van der Waals surface area contributed by atoms with Crippen molar-refractivity contribution in [2.75, 3.05) is 23.4 Å². The number of rotatable bonds is 6. The first-order chi connectivity index (χ1) is 13.3. The summed E-state index contributed by atoms with van der Waals surface area (Å²) in [6, 6.07) is 12.5. The summed E-state index contributed by atoms with van der Waals surface area (Å²) < 4.78 is 5.51. The number of aryl methyl sites for hydroxylation is 2. The molecule has 7 nitrogen and oxygen atoms in total. The molecular weight excluding hydrogens is 360 g/mol. The molecule has 7 heteroatoms. The summed E-state index contributed by atoms with van der Waals surface area (Å²) in [6.45, 7) is 3.87. The molecule has 28 heavy (non-hydrogen) atoms. The SMILES string of the molecule is Cc1cccc(C)c1NC(=O)COc1ccc(N2C[C@@H](C(=O)O)CC2=O)cc1. The zero-order valence-corrected chi connectivity index (χ0v) is 15.8. The number of anilines is 2. The zero-order chi connectivity index (χ0) is 20.3. The van der Waals surface area contributed by atoms with Crippen LogP contribution in [0.15, 0.2) is 42.5 Å². The third-order valence-corrected chi connectivity index (χ3v) is 4.74. The topological polar surface area (TPSA) is 95.9 Å². The van der Waals surface area contributed by atoms with E-state index in [1.165, 1.54) is 4.90 Å². The number of hydrogen-bond acceptors (Lipinski definition) is 4. The predicted octanol–water partition coefficient (Wildman–Crippen LogP) is 2.76. The molecule has 0 bridgehead atoms. The summed E-state index contributed by atoms with van der Waals surface area (Å²) in [7, 11) is 0. The van der Waals surface area contributed by atoms with Gasteiger partial charge in [-0.3, -0.25) is 14.4 Å². The molecule has 2 amide bonds. The minimum atomic E-state index is -0.967. The van der Waals surface area contributed by atoms with E-state index in [2.05, 4.69) is 5.32 Å². The molecule has 1 aliphatic heterocycles. The zero-order valence-electron chi connectivity index (χ0n) is 15.8. The van der Waals surface area contributed by atoms with Gasteiger partial charge < -0.3 is 20.1 Å². The van der Waals surface area contributed by atoms with E-state index in [0.29, 0.717) is 11.4 Å². The Kier molecular flexibility index (Phi) is 5.63. The van der Waals surface area contributed by atoms with Crippen LogP contribution in [0.3, 0.4) is 0 Å². The Morgan fingerprint density at radius 2 is 1.79 bits per heavy atom. The lowest BCUT2D eigenvalue weighted by Gasteiger charge is -2.16. The van der Waals surface area contributed by atoms with Gasteiger partial charge in [0, 0.05) is 24.3 Å². The van der Waals surface area contributed by atoms with E-state index in [-0.39, 0.29) is 31.4 Å². The van der Waals surface area contributed by atoms with Gasteiger partial charge in [-0.1, -0.05) is 18.2 Å². The molecule has 2 aromatic rings. The standard InChI is InChI=1S/C21H22N2O5/c1-13-4-3-5-14(2)20(13)22-18(24)12-28-17-8-6-16(7-9-17)23-11-15(21(26)27)10-19(23)25/h3-9,15H,10-12H2,1-2H3,(H,22,24)(H,26,27)/t15-/m0/s1. The molecule has 1 fully saturated rings. The molecule has 0 unspecified atom stereocenters. The monoisotopic (exact) mass is 382 g/mol. The maximum absolute atomic E-state index is 12.2. The number of carboxylic acid groups (broad SMARTS) is 1. The third-order valence-electron chi connectivity index (χ3n) is 4.74. The highest BCUT2D eigenvalue weighted by molar-refractivity contribution is 5.99. The highest BCUT2D eigenvalue weighted by Crippen LogP contribution is 2.27. The van der Waals surface area contributed by atoms with E-state index < -0.39 is 11.9 Å². The van der Waals surface area contributed by atoms with E-state index in [1.54, 1.807) is 24.3 Å². The Balaban J connectivity index is 1.57. The van der Waals surface area contributed by atoms with Crippen LogP contribution in [-0.4, -0.2) is 36.0 Å². The Hall–Kier alpha value is -3.35. The number of hydrogen-bond donors (Lipinski definition) is 2. The first-order valence-corrected chi connectivity index (χ1v) is 8.97. The van der Waals surface area contributed by atoms with Crippen LogP contribution < -0.4 is 15.0 Å². The van der Waals surface area contributed by atoms with Gasteiger partial charge in [0.05, 0.1) is 5.92 Å². The number of ether oxygens (including phenoxy) is 1. The normalized spacial score (nSPS) is 16.1. The Labute approximate surface area is 162 Å².